The highest BCUT2D eigenvalue weighted by Crippen LogP contribution is 2.19. The summed E-state index contributed by atoms with van der Waals surface area (Å²) in [6.45, 7) is 2.55. The molecule has 2 heterocycles. The molecule has 28 heavy (non-hydrogen) atoms. The monoisotopic (exact) mass is 377 g/mol. The smallest absolute Gasteiger partial charge is 0.272 e. The number of halogens is 1. The molecule has 0 spiro atoms. The molecule has 1 fully saturated rings. The molecule has 1 saturated heterocycles. The van der Waals surface area contributed by atoms with Gasteiger partial charge in [-0.25, -0.2) is 14.4 Å². The van der Waals surface area contributed by atoms with Crippen LogP contribution >= 0.6 is 0 Å². The van der Waals surface area contributed by atoms with Gasteiger partial charge in [0.15, 0.2) is 0 Å². The summed E-state index contributed by atoms with van der Waals surface area (Å²) in [5.74, 6) is 0.216. The number of piperazine rings is 1. The Morgan fingerprint density at radius 1 is 0.929 bits per heavy atom. The van der Waals surface area contributed by atoms with E-state index >= 15 is 0 Å². The SMILES string of the molecule is O=C(c1cc(Nc2ccccc2)ncn1)N1CCN(c2ccc(F)cc2)CC1. The zero-order chi connectivity index (χ0) is 19.3. The molecule has 142 valence electrons. The third-order valence-corrected chi connectivity index (χ3v) is 4.69. The van der Waals surface area contributed by atoms with E-state index in [1.54, 1.807) is 23.1 Å². The zero-order valence-corrected chi connectivity index (χ0v) is 15.3. The van der Waals surface area contributed by atoms with Gasteiger partial charge in [0.1, 0.15) is 23.7 Å². The van der Waals surface area contributed by atoms with Crippen LogP contribution in [0.5, 0.6) is 0 Å². The van der Waals surface area contributed by atoms with E-state index in [0.717, 1.165) is 11.4 Å². The number of carbonyl (C=O) groups excluding carboxylic acids is 1. The van der Waals surface area contributed by atoms with Crippen LogP contribution in [0.4, 0.5) is 21.6 Å². The Morgan fingerprint density at radius 3 is 2.36 bits per heavy atom. The number of para-hydroxylation sites is 1. The molecule has 0 bridgehead atoms. The number of hydrogen-bond donors (Lipinski definition) is 1. The molecule has 1 aromatic heterocycles. The number of benzene rings is 2. The van der Waals surface area contributed by atoms with Gasteiger partial charge in [-0.1, -0.05) is 18.2 Å². The maximum absolute atomic E-state index is 13.1. The Balaban J connectivity index is 1.40. The number of amides is 1. The van der Waals surface area contributed by atoms with Crippen LogP contribution in [0.2, 0.25) is 0 Å². The fraction of sp³-hybridized carbons (Fsp3) is 0.190. The molecule has 0 radical (unpaired) electrons. The summed E-state index contributed by atoms with van der Waals surface area (Å²) in [6, 6.07) is 17.7. The van der Waals surface area contributed by atoms with Crippen LogP contribution in [0.1, 0.15) is 10.5 Å². The first-order valence-corrected chi connectivity index (χ1v) is 9.13. The van der Waals surface area contributed by atoms with Gasteiger partial charge >= 0.3 is 0 Å². The first-order valence-electron chi connectivity index (χ1n) is 9.13. The van der Waals surface area contributed by atoms with Gasteiger partial charge in [-0.3, -0.25) is 4.79 Å². The average Bonchev–Trinajstić information content (AvgIpc) is 2.75. The highest BCUT2D eigenvalue weighted by atomic mass is 19.1. The topological polar surface area (TPSA) is 61.4 Å². The molecule has 0 aliphatic carbocycles. The predicted molar refractivity (Wildman–Crippen MR) is 106 cm³/mol. The van der Waals surface area contributed by atoms with E-state index in [0.29, 0.717) is 37.7 Å². The minimum absolute atomic E-state index is 0.114. The Morgan fingerprint density at radius 2 is 1.64 bits per heavy atom. The van der Waals surface area contributed by atoms with Crippen molar-refractivity contribution in [2.75, 3.05) is 36.4 Å². The summed E-state index contributed by atoms with van der Waals surface area (Å²) in [5.41, 5.74) is 2.22. The van der Waals surface area contributed by atoms with Crippen molar-refractivity contribution in [1.29, 1.82) is 0 Å². The summed E-state index contributed by atoms with van der Waals surface area (Å²) in [7, 11) is 0. The van der Waals surface area contributed by atoms with Gasteiger partial charge in [0.25, 0.3) is 5.91 Å². The Bertz CT molecular complexity index is 941. The lowest BCUT2D eigenvalue weighted by Crippen LogP contribution is -2.49. The van der Waals surface area contributed by atoms with Crippen molar-refractivity contribution in [1.82, 2.24) is 14.9 Å². The lowest BCUT2D eigenvalue weighted by atomic mass is 10.2. The first-order chi connectivity index (χ1) is 13.7. The summed E-state index contributed by atoms with van der Waals surface area (Å²) in [5, 5.41) is 3.17. The summed E-state index contributed by atoms with van der Waals surface area (Å²) in [4.78, 5) is 25.1. The molecule has 3 aromatic rings. The molecule has 1 amide bonds. The number of aromatic nitrogens is 2. The van der Waals surface area contributed by atoms with Crippen molar-refractivity contribution in [3.8, 4) is 0 Å². The lowest BCUT2D eigenvalue weighted by molar-refractivity contribution is 0.0740. The Labute approximate surface area is 162 Å². The molecule has 0 saturated carbocycles. The number of anilines is 3. The number of carbonyl (C=O) groups is 1. The van der Waals surface area contributed by atoms with Crippen molar-refractivity contribution in [2.24, 2.45) is 0 Å². The fourth-order valence-electron chi connectivity index (χ4n) is 3.19. The molecular weight excluding hydrogens is 357 g/mol. The van der Waals surface area contributed by atoms with Crippen LogP contribution in [-0.4, -0.2) is 47.0 Å². The number of rotatable bonds is 4. The number of nitrogens with one attached hydrogen (secondary N) is 1. The quantitative estimate of drug-likeness (QED) is 0.756. The molecule has 0 atom stereocenters. The van der Waals surface area contributed by atoms with Gasteiger partial charge < -0.3 is 15.1 Å². The summed E-state index contributed by atoms with van der Waals surface area (Å²) >= 11 is 0. The van der Waals surface area contributed by atoms with Crippen LogP contribution in [0.25, 0.3) is 0 Å². The largest absolute Gasteiger partial charge is 0.368 e. The van der Waals surface area contributed by atoms with Crippen molar-refractivity contribution >= 4 is 23.1 Å². The first kappa shape index (κ1) is 17.9. The second-order valence-corrected chi connectivity index (χ2v) is 6.54. The predicted octanol–water partition coefficient (Wildman–Crippen LogP) is 3.32. The second kappa shape index (κ2) is 8.04. The molecular formula is C21H20FN5O. The van der Waals surface area contributed by atoms with E-state index in [4.69, 9.17) is 0 Å². The summed E-state index contributed by atoms with van der Waals surface area (Å²) in [6.07, 6.45) is 1.40. The molecule has 1 N–H and O–H groups in total. The second-order valence-electron chi connectivity index (χ2n) is 6.54. The van der Waals surface area contributed by atoms with Crippen LogP contribution < -0.4 is 10.2 Å². The Hall–Kier alpha value is -3.48. The van der Waals surface area contributed by atoms with Crippen molar-refractivity contribution < 1.29 is 9.18 Å². The molecule has 4 rings (SSSR count). The van der Waals surface area contributed by atoms with E-state index in [-0.39, 0.29) is 11.7 Å². The van der Waals surface area contributed by atoms with Crippen molar-refractivity contribution in [2.45, 2.75) is 0 Å². The molecule has 6 nitrogen and oxygen atoms in total. The average molecular weight is 377 g/mol. The van der Waals surface area contributed by atoms with E-state index < -0.39 is 0 Å². The van der Waals surface area contributed by atoms with Gasteiger partial charge in [0, 0.05) is 43.6 Å². The minimum Gasteiger partial charge on any atom is -0.368 e. The van der Waals surface area contributed by atoms with Gasteiger partial charge in [-0.05, 0) is 36.4 Å². The number of hydrogen-bond acceptors (Lipinski definition) is 5. The molecule has 0 unspecified atom stereocenters. The lowest BCUT2D eigenvalue weighted by Gasteiger charge is -2.36. The van der Waals surface area contributed by atoms with Crippen molar-refractivity contribution in [3.63, 3.8) is 0 Å². The molecule has 1 aliphatic rings. The van der Waals surface area contributed by atoms with Gasteiger partial charge in [-0.15, -0.1) is 0 Å². The highest BCUT2D eigenvalue weighted by molar-refractivity contribution is 5.93. The third-order valence-electron chi connectivity index (χ3n) is 4.69. The molecule has 1 aliphatic heterocycles. The van der Waals surface area contributed by atoms with E-state index in [1.165, 1.54) is 18.5 Å². The van der Waals surface area contributed by atoms with Gasteiger partial charge in [-0.2, -0.15) is 0 Å². The molecule has 7 heteroatoms. The summed E-state index contributed by atoms with van der Waals surface area (Å²) < 4.78 is 13.1. The number of nitrogens with zero attached hydrogens (tertiary/aromatic N) is 4. The fourth-order valence-corrected chi connectivity index (χ4v) is 3.19. The van der Waals surface area contributed by atoms with Crippen LogP contribution in [0.15, 0.2) is 67.0 Å². The maximum atomic E-state index is 13.1. The molecule has 2 aromatic carbocycles. The zero-order valence-electron chi connectivity index (χ0n) is 15.3. The van der Waals surface area contributed by atoms with E-state index in [1.807, 2.05) is 30.3 Å². The van der Waals surface area contributed by atoms with Gasteiger partial charge in [0.05, 0.1) is 0 Å². The van der Waals surface area contributed by atoms with E-state index in [2.05, 4.69) is 20.2 Å². The van der Waals surface area contributed by atoms with Gasteiger partial charge in [0.2, 0.25) is 0 Å². The standard InChI is InChI=1S/C21H20FN5O/c22-16-6-8-18(9-7-16)26-10-12-27(13-11-26)21(28)19-14-20(24-15-23-19)25-17-4-2-1-3-5-17/h1-9,14-15H,10-13H2,(H,23,24,25). The maximum Gasteiger partial charge on any atom is 0.272 e. The highest BCUT2D eigenvalue weighted by Gasteiger charge is 2.23. The Kier molecular flexibility index (Phi) is 5.14. The van der Waals surface area contributed by atoms with Crippen molar-refractivity contribution in [3.05, 3.63) is 78.5 Å². The van der Waals surface area contributed by atoms with Crippen LogP contribution in [-0.2, 0) is 0 Å². The normalized spacial score (nSPS) is 14.0. The minimum atomic E-state index is -0.249. The van der Waals surface area contributed by atoms with Crippen LogP contribution in [0, 0.1) is 5.82 Å². The van der Waals surface area contributed by atoms with Crippen LogP contribution in [0.3, 0.4) is 0 Å². The van der Waals surface area contributed by atoms with E-state index in [9.17, 15) is 9.18 Å². The third kappa shape index (κ3) is 4.09.